The van der Waals surface area contributed by atoms with Crippen LogP contribution in [0.1, 0.15) is 23.2 Å². The van der Waals surface area contributed by atoms with Crippen molar-refractivity contribution in [3.05, 3.63) is 27.5 Å². The van der Waals surface area contributed by atoms with E-state index in [0.717, 1.165) is 0 Å². The van der Waals surface area contributed by atoms with Crippen molar-refractivity contribution in [3.63, 3.8) is 0 Å². The minimum absolute atomic E-state index is 0.103. The zero-order chi connectivity index (χ0) is 10.0. The maximum atomic E-state index is 12.4. The van der Waals surface area contributed by atoms with E-state index in [0.29, 0.717) is 5.69 Å². The van der Waals surface area contributed by atoms with Crippen molar-refractivity contribution in [3.8, 4) is 0 Å². The number of aliphatic hydroxyl groups is 1. The minimum Gasteiger partial charge on any atom is -0.392 e. The van der Waals surface area contributed by atoms with E-state index in [-0.39, 0.29) is 15.7 Å². The fraction of sp³-hybridized carbons (Fsp3) is 0.375. The van der Waals surface area contributed by atoms with Gasteiger partial charge in [0.2, 0.25) is 0 Å². The van der Waals surface area contributed by atoms with E-state index < -0.39 is 13.0 Å². The molecule has 0 amide bonds. The molecule has 0 spiro atoms. The molecule has 0 fully saturated rings. The molecule has 0 aromatic carbocycles. The Morgan fingerprint density at radius 3 is 2.69 bits per heavy atom. The van der Waals surface area contributed by atoms with E-state index in [2.05, 4.69) is 20.9 Å². The van der Waals surface area contributed by atoms with Crippen molar-refractivity contribution < 1.29 is 13.9 Å². The number of aryl methyl sites for hydroxylation is 1. The Morgan fingerprint density at radius 1 is 1.62 bits per heavy atom. The Kier molecular flexibility index (Phi) is 3.33. The molecule has 0 atom stereocenters. The molecular weight excluding hydrogens is 244 g/mol. The number of aromatic nitrogens is 1. The van der Waals surface area contributed by atoms with Crippen LogP contribution in [0.4, 0.5) is 8.78 Å². The first-order valence-corrected chi connectivity index (χ1v) is 4.40. The lowest BCUT2D eigenvalue weighted by Crippen LogP contribution is -1.99. The first kappa shape index (κ1) is 10.5. The normalized spacial score (nSPS) is 10.9. The predicted molar refractivity (Wildman–Crippen MR) is 47.6 cm³/mol. The lowest BCUT2D eigenvalue weighted by molar-refractivity contribution is 0.145. The van der Waals surface area contributed by atoms with Crippen LogP contribution in [0.2, 0.25) is 0 Å². The quantitative estimate of drug-likeness (QED) is 0.820. The highest BCUT2D eigenvalue weighted by atomic mass is 79.9. The average molecular weight is 252 g/mol. The zero-order valence-electron chi connectivity index (χ0n) is 6.89. The van der Waals surface area contributed by atoms with Gasteiger partial charge in [-0.2, -0.15) is 0 Å². The number of rotatable bonds is 2. The van der Waals surface area contributed by atoms with Crippen LogP contribution in [0.15, 0.2) is 10.7 Å². The Morgan fingerprint density at radius 2 is 2.23 bits per heavy atom. The summed E-state index contributed by atoms with van der Waals surface area (Å²) in [6.07, 6.45) is -2.62. The summed E-state index contributed by atoms with van der Waals surface area (Å²) >= 11 is 2.94. The summed E-state index contributed by atoms with van der Waals surface area (Å²) in [7, 11) is 0. The number of pyridine rings is 1. The molecule has 0 saturated heterocycles. The summed E-state index contributed by atoms with van der Waals surface area (Å²) in [4.78, 5) is 3.83. The van der Waals surface area contributed by atoms with Crippen molar-refractivity contribution in [2.75, 3.05) is 0 Å². The average Bonchev–Trinajstić information content (AvgIpc) is 2.01. The van der Waals surface area contributed by atoms with Gasteiger partial charge in [0.05, 0.1) is 12.2 Å². The van der Waals surface area contributed by atoms with Crippen LogP contribution in [-0.2, 0) is 6.61 Å². The summed E-state index contributed by atoms with van der Waals surface area (Å²) < 4.78 is 25.0. The van der Waals surface area contributed by atoms with Crippen LogP contribution in [0.25, 0.3) is 0 Å². The van der Waals surface area contributed by atoms with Gasteiger partial charge in [-0.05, 0) is 34.5 Å². The maximum Gasteiger partial charge on any atom is 0.266 e. The molecule has 0 unspecified atom stereocenters. The second kappa shape index (κ2) is 4.11. The summed E-state index contributed by atoms with van der Waals surface area (Å²) in [6.45, 7) is 1.28. The number of nitrogens with zero attached hydrogens (tertiary/aromatic N) is 1. The van der Waals surface area contributed by atoms with Crippen LogP contribution < -0.4 is 0 Å². The van der Waals surface area contributed by atoms with Crippen LogP contribution >= 0.6 is 15.9 Å². The van der Waals surface area contributed by atoms with Gasteiger partial charge in [0, 0.05) is 5.69 Å². The monoisotopic (exact) mass is 251 g/mol. The number of halogens is 3. The zero-order valence-corrected chi connectivity index (χ0v) is 8.48. The van der Waals surface area contributed by atoms with E-state index in [1.54, 1.807) is 6.92 Å². The molecule has 1 aromatic heterocycles. The molecular formula is C8H8BrF2NO. The van der Waals surface area contributed by atoms with Crippen LogP contribution in [-0.4, -0.2) is 10.1 Å². The summed E-state index contributed by atoms with van der Waals surface area (Å²) in [5, 5.41) is 8.83. The summed E-state index contributed by atoms with van der Waals surface area (Å²) in [5.41, 5.74) is 0.586. The molecule has 0 saturated carbocycles. The Bertz CT molecular complexity index is 317. The summed E-state index contributed by atoms with van der Waals surface area (Å²) in [5.74, 6) is 0. The Balaban J connectivity index is 3.30. The molecule has 1 aromatic rings. The standard InChI is InChI=1S/C8H8BrF2NO/c1-4-2-5(3-13)6(8(10)11)7(9)12-4/h2,8,13H,3H2,1H3. The van der Waals surface area contributed by atoms with E-state index in [1.165, 1.54) is 6.07 Å². The highest BCUT2D eigenvalue weighted by Crippen LogP contribution is 2.29. The van der Waals surface area contributed by atoms with Gasteiger partial charge in [0.1, 0.15) is 4.60 Å². The van der Waals surface area contributed by atoms with Gasteiger partial charge in [-0.3, -0.25) is 0 Å². The lowest BCUT2D eigenvalue weighted by Gasteiger charge is -2.08. The van der Waals surface area contributed by atoms with Gasteiger partial charge < -0.3 is 5.11 Å². The van der Waals surface area contributed by atoms with Gasteiger partial charge >= 0.3 is 0 Å². The minimum atomic E-state index is -2.62. The second-order valence-corrected chi connectivity index (χ2v) is 3.34. The molecule has 13 heavy (non-hydrogen) atoms. The topological polar surface area (TPSA) is 33.1 Å². The van der Waals surface area contributed by atoms with Crippen molar-refractivity contribution >= 4 is 15.9 Å². The first-order chi connectivity index (χ1) is 6.06. The van der Waals surface area contributed by atoms with Crippen LogP contribution in [0.3, 0.4) is 0 Å². The highest BCUT2D eigenvalue weighted by Gasteiger charge is 2.17. The maximum absolute atomic E-state index is 12.4. The van der Waals surface area contributed by atoms with Crippen LogP contribution in [0, 0.1) is 6.92 Å². The van der Waals surface area contributed by atoms with E-state index in [1.807, 2.05) is 0 Å². The van der Waals surface area contributed by atoms with Crippen molar-refractivity contribution in [1.82, 2.24) is 4.98 Å². The Hall–Kier alpha value is -0.550. The molecule has 72 valence electrons. The molecule has 2 nitrogen and oxygen atoms in total. The smallest absolute Gasteiger partial charge is 0.266 e. The van der Waals surface area contributed by atoms with Crippen LogP contribution in [0.5, 0.6) is 0 Å². The van der Waals surface area contributed by atoms with Gasteiger partial charge in [-0.1, -0.05) is 0 Å². The van der Waals surface area contributed by atoms with Crippen molar-refractivity contribution in [2.45, 2.75) is 20.0 Å². The third-order valence-electron chi connectivity index (χ3n) is 1.61. The van der Waals surface area contributed by atoms with Crippen molar-refractivity contribution in [2.24, 2.45) is 0 Å². The number of aliphatic hydroxyl groups excluding tert-OH is 1. The SMILES string of the molecule is Cc1cc(CO)c(C(F)F)c(Br)n1. The van der Waals surface area contributed by atoms with Gasteiger partial charge in [0.15, 0.2) is 0 Å². The van der Waals surface area contributed by atoms with Gasteiger partial charge in [0.25, 0.3) is 6.43 Å². The van der Waals surface area contributed by atoms with E-state index >= 15 is 0 Å². The molecule has 1 N–H and O–H groups in total. The molecule has 1 rings (SSSR count). The molecule has 5 heteroatoms. The number of hydrogen-bond donors (Lipinski definition) is 1. The lowest BCUT2D eigenvalue weighted by atomic mass is 10.1. The fourth-order valence-corrected chi connectivity index (χ4v) is 1.78. The number of hydrogen-bond acceptors (Lipinski definition) is 2. The molecule has 0 bridgehead atoms. The second-order valence-electron chi connectivity index (χ2n) is 2.59. The fourth-order valence-electron chi connectivity index (χ4n) is 1.07. The highest BCUT2D eigenvalue weighted by molar-refractivity contribution is 9.10. The molecule has 0 aliphatic heterocycles. The molecule has 1 heterocycles. The molecule has 0 aliphatic rings. The third-order valence-corrected chi connectivity index (χ3v) is 2.22. The van der Waals surface area contributed by atoms with Gasteiger partial charge in [-0.25, -0.2) is 13.8 Å². The Labute approximate surface area is 82.7 Å². The van der Waals surface area contributed by atoms with Crippen molar-refractivity contribution in [1.29, 1.82) is 0 Å². The predicted octanol–water partition coefficient (Wildman–Crippen LogP) is 2.58. The molecule has 0 radical (unpaired) electrons. The third kappa shape index (κ3) is 2.22. The number of alkyl halides is 2. The molecule has 0 aliphatic carbocycles. The van der Waals surface area contributed by atoms with E-state index in [4.69, 9.17) is 5.11 Å². The largest absolute Gasteiger partial charge is 0.392 e. The summed E-state index contributed by atoms with van der Waals surface area (Å²) in [6, 6.07) is 1.45. The van der Waals surface area contributed by atoms with Gasteiger partial charge in [-0.15, -0.1) is 0 Å². The first-order valence-electron chi connectivity index (χ1n) is 3.61. The van der Waals surface area contributed by atoms with E-state index in [9.17, 15) is 8.78 Å².